The molecule has 6 heteroatoms. The van der Waals surface area contributed by atoms with Crippen molar-refractivity contribution >= 4 is 11.5 Å². The first kappa shape index (κ1) is 14.3. The Morgan fingerprint density at radius 2 is 2.00 bits per heavy atom. The molecule has 0 bridgehead atoms. The van der Waals surface area contributed by atoms with Gasteiger partial charge >= 0.3 is 6.18 Å². The third-order valence-corrected chi connectivity index (χ3v) is 2.10. The van der Waals surface area contributed by atoms with Crippen LogP contribution in [0.5, 0.6) is 5.75 Å². The van der Waals surface area contributed by atoms with Crippen LogP contribution >= 0.6 is 0 Å². The number of benzene rings is 1. The minimum absolute atomic E-state index is 0.0192. The summed E-state index contributed by atoms with van der Waals surface area (Å²) in [5, 5.41) is 0. The van der Waals surface area contributed by atoms with Crippen LogP contribution in [0.2, 0.25) is 0 Å². The molecule has 0 aliphatic heterocycles. The standard InChI is InChI=1S/C12H14F3NO2/c1-7(2)6-18-10-4-3-8(5-9(10)16)11(17)12(13,14)15/h3-5,7H,6,16H2,1-2H3. The number of alkyl halides is 3. The summed E-state index contributed by atoms with van der Waals surface area (Å²) >= 11 is 0. The fourth-order valence-electron chi connectivity index (χ4n) is 1.24. The maximum atomic E-state index is 12.2. The Morgan fingerprint density at radius 1 is 1.39 bits per heavy atom. The highest BCUT2D eigenvalue weighted by molar-refractivity contribution is 6.01. The van der Waals surface area contributed by atoms with Gasteiger partial charge in [-0.2, -0.15) is 13.2 Å². The number of ether oxygens (including phenoxy) is 1. The molecule has 100 valence electrons. The summed E-state index contributed by atoms with van der Waals surface area (Å²) in [7, 11) is 0. The van der Waals surface area contributed by atoms with E-state index < -0.39 is 17.5 Å². The predicted octanol–water partition coefficient (Wildman–Crippen LogP) is 3.05. The highest BCUT2D eigenvalue weighted by Crippen LogP contribution is 2.27. The Labute approximate surface area is 103 Å². The molecule has 0 fully saturated rings. The minimum Gasteiger partial charge on any atom is -0.491 e. The van der Waals surface area contributed by atoms with E-state index >= 15 is 0 Å². The molecule has 0 aliphatic carbocycles. The highest BCUT2D eigenvalue weighted by atomic mass is 19.4. The van der Waals surface area contributed by atoms with Gasteiger partial charge in [-0.25, -0.2) is 0 Å². The van der Waals surface area contributed by atoms with E-state index in [-0.39, 0.29) is 17.4 Å². The van der Waals surface area contributed by atoms with Gasteiger partial charge in [-0.3, -0.25) is 4.79 Å². The molecule has 0 aliphatic rings. The van der Waals surface area contributed by atoms with Gasteiger partial charge in [0.25, 0.3) is 5.78 Å². The van der Waals surface area contributed by atoms with Crippen LogP contribution in [0, 0.1) is 5.92 Å². The monoisotopic (exact) mass is 261 g/mol. The normalized spacial score (nSPS) is 11.7. The molecular weight excluding hydrogens is 247 g/mol. The van der Waals surface area contributed by atoms with E-state index in [9.17, 15) is 18.0 Å². The van der Waals surface area contributed by atoms with Crippen molar-refractivity contribution in [3.8, 4) is 5.75 Å². The highest BCUT2D eigenvalue weighted by Gasteiger charge is 2.39. The van der Waals surface area contributed by atoms with Gasteiger partial charge in [-0.05, 0) is 24.1 Å². The molecule has 0 atom stereocenters. The number of nitrogen functional groups attached to an aromatic ring is 1. The van der Waals surface area contributed by atoms with Crippen molar-refractivity contribution in [2.45, 2.75) is 20.0 Å². The summed E-state index contributed by atoms with van der Waals surface area (Å²) in [5.41, 5.74) is 5.07. The quantitative estimate of drug-likeness (QED) is 0.669. The first-order chi connectivity index (χ1) is 8.21. The fourth-order valence-corrected chi connectivity index (χ4v) is 1.24. The molecule has 1 rings (SSSR count). The zero-order valence-electron chi connectivity index (χ0n) is 10.0. The van der Waals surface area contributed by atoms with Crippen molar-refractivity contribution in [3.63, 3.8) is 0 Å². The molecule has 18 heavy (non-hydrogen) atoms. The number of Topliss-reactive ketones (excluding diaryl/α,β-unsaturated/α-hetero) is 1. The first-order valence-electron chi connectivity index (χ1n) is 5.35. The van der Waals surface area contributed by atoms with Gasteiger partial charge in [0, 0.05) is 5.56 Å². The Hall–Kier alpha value is -1.72. The number of halogens is 3. The number of carbonyl (C=O) groups is 1. The predicted molar refractivity (Wildman–Crippen MR) is 61.6 cm³/mol. The van der Waals surface area contributed by atoms with E-state index in [1.807, 2.05) is 13.8 Å². The van der Waals surface area contributed by atoms with Crippen LogP contribution in [0.3, 0.4) is 0 Å². The SMILES string of the molecule is CC(C)COc1ccc(C(=O)C(F)(F)F)cc1N. The molecule has 0 spiro atoms. The first-order valence-corrected chi connectivity index (χ1v) is 5.35. The summed E-state index contributed by atoms with van der Waals surface area (Å²) in [6, 6.07) is 3.31. The average Bonchev–Trinajstić information content (AvgIpc) is 2.24. The molecule has 0 saturated carbocycles. The Morgan fingerprint density at radius 3 is 2.44 bits per heavy atom. The number of rotatable bonds is 4. The van der Waals surface area contributed by atoms with Gasteiger partial charge in [0.2, 0.25) is 0 Å². The van der Waals surface area contributed by atoms with Crippen molar-refractivity contribution in [2.24, 2.45) is 5.92 Å². The lowest BCUT2D eigenvalue weighted by Gasteiger charge is -2.12. The second-order valence-electron chi connectivity index (χ2n) is 4.28. The van der Waals surface area contributed by atoms with E-state index in [4.69, 9.17) is 10.5 Å². The molecule has 0 unspecified atom stereocenters. The van der Waals surface area contributed by atoms with Gasteiger partial charge < -0.3 is 10.5 Å². The number of hydrogen-bond acceptors (Lipinski definition) is 3. The number of anilines is 1. The molecule has 0 radical (unpaired) electrons. The van der Waals surface area contributed by atoms with Crippen LogP contribution in [0.15, 0.2) is 18.2 Å². The third-order valence-electron chi connectivity index (χ3n) is 2.10. The van der Waals surface area contributed by atoms with E-state index in [1.165, 1.54) is 6.07 Å². The molecule has 0 aromatic heterocycles. The van der Waals surface area contributed by atoms with Crippen molar-refractivity contribution in [2.75, 3.05) is 12.3 Å². The largest absolute Gasteiger partial charge is 0.491 e. The molecular formula is C12H14F3NO2. The molecule has 0 heterocycles. The van der Waals surface area contributed by atoms with E-state index in [2.05, 4.69) is 0 Å². The van der Waals surface area contributed by atoms with Crippen LogP contribution in [0.1, 0.15) is 24.2 Å². The smallest absolute Gasteiger partial charge is 0.454 e. The lowest BCUT2D eigenvalue weighted by molar-refractivity contribution is -0.0885. The number of nitrogens with two attached hydrogens (primary N) is 1. The lowest BCUT2D eigenvalue weighted by Crippen LogP contribution is -2.22. The topological polar surface area (TPSA) is 52.3 Å². The van der Waals surface area contributed by atoms with Gasteiger partial charge in [-0.1, -0.05) is 13.8 Å². The molecule has 1 aromatic carbocycles. The van der Waals surface area contributed by atoms with E-state index in [0.29, 0.717) is 6.61 Å². The van der Waals surface area contributed by atoms with Crippen LogP contribution in [-0.2, 0) is 0 Å². The molecule has 0 saturated heterocycles. The van der Waals surface area contributed by atoms with Crippen molar-refractivity contribution in [3.05, 3.63) is 23.8 Å². The van der Waals surface area contributed by atoms with Crippen molar-refractivity contribution in [1.82, 2.24) is 0 Å². The third kappa shape index (κ3) is 3.65. The van der Waals surface area contributed by atoms with Gasteiger partial charge in [0.05, 0.1) is 12.3 Å². The zero-order chi connectivity index (χ0) is 13.9. The van der Waals surface area contributed by atoms with Gasteiger partial charge in [-0.15, -0.1) is 0 Å². The number of hydrogen-bond donors (Lipinski definition) is 1. The van der Waals surface area contributed by atoms with E-state index in [1.54, 1.807) is 0 Å². The molecule has 0 amide bonds. The fraction of sp³-hybridized carbons (Fsp3) is 0.417. The second-order valence-corrected chi connectivity index (χ2v) is 4.28. The Balaban J connectivity index is 2.89. The average molecular weight is 261 g/mol. The zero-order valence-corrected chi connectivity index (χ0v) is 10.0. The lowest BCUT2D eigenvalue weighted by atomic mass is 10.1. The molecule has 3 nitrogen and oxygen atoms in total. The van der Waals surface area contributed by atoms with Crippen LogP contribution in [0.4, 0.5) is 18.9 Å². The number of ketones is 1. The van der Waals surface area contributed by atoms with Crippen molar-refractivity contribution < 1.29 is 22.7 Å². The minimum atomic E-state index is -4.90. The van der Waals surface area contributed by atoms with Crippen LogP contribution in [-0.4, -0.2) is 18.6 Å². The summed E-state index contributed by atoms with van der Waals surface area (Å²) in [5.74, 6) is -1.37. The summed E-state index contributed by atoms with van der Waals surface area (Å²) in [6.45, 7) is 4.26. The maximum absolute atomic E-state index is 12.2. The molecule has 1 aromatic rings. The second kappa shape index (κ2) is 5.29. The van der Waals surface area contributed by atoms with Crippen LogP contribution < -0.4 is 10.5 Å². The van der Waals surface area contributed by atoms with E-state index in [0.717, 1.165) is 12.1 Å². The Bertz CT molecular complexity index is 441. The number of carbonyl (C=O) groups excluding carboxylic acids is 1. The van der Waals surface area contributed by atoms with Crippen LogP contribution in [0.25, 0.3) is 0 Å². The van der Waals surface area contributed by atoms with Crippen molar-refractivity contribution in [1.29, 1.82) is 0 Å². The van der Waals surface area contributed by atoms with Gasteiger partial charge in [0.15, 0.2) is 0 Å². The summed E-state index contributed by atoms with van der Waals surface area (Å²) in [4.78, 5) is 11.0. The Kier molecular flexibility index (Phi) is 4.21. The van der Waals surface area contributed by atoms with Gasteiger partial charge in [0.1, 0.15) is 5.75 Å². The summed E-state index contributed by atoms with van der Waals surface area (Å²) < 4.78 is 41.9. The maximum Gasteiger partial charge on any atom is 0.454 e. The molecule has 2 N–H and O–H groups in total. The summed E-state index contributed by atoms with van der Waals surface area (Å²) in [6.07, 6.45) is -4.90.